The molecule has 176 valence electrons. The molecule has 1 unspecified atom stereocenters. The maximum absolute atomic E-state index is 6.77. The van der Waals surface area contributed by atoms with Crippen LogP contribution in [0.5, 0.6) is 0 Å². The molecule has 5 rings (SSSR count). The summed E-state index contributed by atoms with van der Waals surface area (Å²) in [7, 11) is 0. The molecular weight excluding hydrogens is 458 g/mol. The minimum absolute atomic E-state index is 0.0287. The minimum atomic E-state index is 0.0287. The first-order valence-corrected chi connectivity index (χ1v) is 12.8. The molecule has 0 radical (unpaired) electrons. The van der Waals surface area contributed by atoms with Gasteiger partial charge in [-0.1, -0.05) is 35.5 Å². The fraction of sp³-hybridized carbons (Fsp3) is 0.565. The van der Waals surface area contributed by atoms with E-state index in [2.05, 4.69) is 39.2 Å². The highest BCUT2D eigenvalue weighted by molar-refractivity contribution is 8.03. The van der Waals surface area contributed by atoms with Crippen LogP contribution in [0.1, 0.15) is 44.7 Å². The van der Waals surface area contributed by atoms with Crippen LogP contribution in [0.25, 0.3) is 0 Å². The average Bonchev–Trinajstić information content (AvgIpc) is 3.43. The summed E-state index contributed by atoms with van der Waals surface area (Å²) in [6.45, 7) is 7.45. The van der Waals surface area contributed by atoms with Crippen LogP contribution in [0.4, 0.5) is 5.82 Å². The molecule has 2 fully saturated rings. The summed E-state index contributed by atoms with van der Waals surface area (Å²) in [6.07, 6.45) is 12.7. The number of thioether (sulfide) groups is 1. The number of nitrogens with zero attached hydrogens (tertiary/aromatic N) is 6. The van der Waals surface area contributed by atoms with E-state index in [1.807, 2.05) is 19.3 Å². The van der Waals surface area contributed by atoms with E-state index in [4.69, 9.17) is 27.1 Å². The van der Waals surface area contributed by atoms with Crippen LogP contribution in [0.3, 0.4) is 0 Å². The molecule has 1 spiro atoms. The maximum atomic E-state index is 6.77. The van der Waals surface area contributed by atoms with Gasteiger partial charge in [-0.2, -0.15) is 15.0 Å². The highest BCUT2D eigenvalue weighted by atomic mass is 35.5. The summed E-state index contributed by atoms with van der Waals surface area (Å²) < 4.78 is 5.84. The first kappa shape index (κ1) is 22.8. The lowest BCUT2D eigenvalue weighted by atomic mass is 9.73. The second-order valence-corrected chi connectivity index (χ2v) is 10.5. The normalized spacial score (nSPS) is 27.0. The maximum Gasteiger partial charge on any atom is 0.147 e. The van der Waals surface area contributed by atoms with Gasteiger partial charge in [-0.3, -0.25) is 0 Å². The lowest BCUT2D eigenvalue weighted by Gasteiger charge is -2.41. The average molecular weight is 488 g/mol. The van der Waals surface area contributed by atoms with Gasteiger partial charge in [0, 0.05) is 40.4 Å². The summed E-state index contributed by atoms with van der Waals surface area (Å²) in [5, 5.41) is 10.4. The summed E-state index contributed by atoms with van der Waals surface area (Å²) in [6, 6.07) is 0.112. The molecule has 8 nitrogen and oxygen atoms in total. The Hall–Kier alpha value is -1.94. The summed E-state index contributed by atoms with van der Waals surface area (Å²) in [5.41, 5.74) is 7.45. The predicted molar refractivity (Wildman–Crippen MR) is 130 cm³/mol. The van der Waals surface area contributed by atoms with Crippen molar-refractivity contribution in [1.82, 2.24) is 25.0 Å². The van der Waals surface area contributed by atoms with Crippen LogP contribution < -0.4 is 10.6 Å². The molecule has 33 heavy (non-hydrogen) atoms. The molecular formula is C23H30ClN7OS. The van der Waals surface area contributed by atoms with Crippen LogP contribution in [-0.2, 0) is 11.3 Å². The zero-order valence-electron chi connectivity index (χ0n) is 19.0. The molecule has 1 aliphatic carbocycles. The van der Waals surface area contributed by atoms with Crippen molar-refractivity contribution < 1.29 is 4.74 Å². The van der Waals surface area contributed by atoms with Gasteiger partial charge >= 0.3 is 0 Å². The van der Waals surface area contributed by atoms with Crippen molar-refractivity contribution >= 4 is 29.2 Å². The zero-order chi connectivity index (χ0) is 23.0. The molecule has 0 amide bonds. The molecule has 4 heterocycles. The predicted octanol–water partition coefficient (Wildman–Crippen LogP) is 3.71. The Morgan fingerprint density at radius 2 is 2.06 bits per heavy atom. The molecule has 3 aliphatic rings. The molecule has 2 aromatic heterocycles. The number of piperidine rings is 1. The zero-order valence-corrected chi connectivity index (χ0v) is 20.6. The van der Waals surface area contributed by atoms with Crippen LogP contribution >= 0.6 is 23.4 Å². The molecule has 0 bridgehead atoms. The van der Waals surface area contributed by atoms with Crippen molar-refractivity contribution in [3.05, 3.63) is 46.4 Å². The van der Waals surface area contributed by atoms with Crippen molar-refractivity contribution in [3.8, 4) is 0 Å². The number of anilines is 1. The number of rotatable bonds is 5. The standard InChI is InChI=1S/C23H30ClN7OS/c1-3-31-28-11-17(29-31)16-5-4-6-18(21(16)24)33-20-13-26-19(12-27-20)30-9-7-23(8-10-30)14-32-15(2)22(23)25/h4,6,11-13,15-16,22H,3,5,7-10,14,25H2,1-2H3/t15-,16?,22+/m0/s1. The molecule has 2 N–H and O–H groups in total. The highest BCUT2D eigenvalue weighted by Crippen LogP contribution is 2.43. The fourth-order valence-corrected chi connectivity index (χ4v) is 6.13. The topological polar surface area (TPSA) is 95.0 Å². The number of hydrogen-bond donors (Lipinski definition) is 1. The number of nitrogens with two attached hydrogens (primary N) is 1. The van der Waals surface area contributed by atoms with Gasteiger partial charge in [0.15, 0.2) is 0 Å². The Morgan fingerprint density at radius 3 is 2.70 bits per heavy atom. The van der Waals surface area contributed by atoms with Crippen LogP contribution in [0.2, 0.25) is 0 Å². The summed E-state index contributed by atoms with van der Waals surface area (Å²) >= 11 is 8.31. The van der Waals surface area contributed by atoms with Crippen molar-refractivity contribution in [2.45, 2.75) is 62.7 Å². The van der Waals surface area contributed by atoms with E-state index in [9.17, 15) is 0 Å². The van der Waals surface area contributed by atoms with Gasteiger partial charge in [-0.15, -0.1) is 0 Å². The molecule has 0 saturated carbocycles. The first-order valence-electron chi connectivity index (χ1n) is 11.6. The van der Waals surface area contributed by atoms with E-state index >= 15 is 0 Å². The molecule has 2 aliphatic heterocycles. The summed E-state index contributed by atoms with van der Waals surface area (Å²) in [5.74, 6) is 0.934. The number of aryl methyl sites for hydroxylation is 1. The number of hydrogen-bond acceptors (Lipinski definition) is 8. The van der Waals surface area contributed by atoms with E-state index in [0.717, 1.165) is 72.0 Å². The third-order valence-electron chi connectivity index (χ3n) is 7.14. The Balaban J connectivity index is 1.24. The van der Waals surface area contributed by atoms with E-state index in [0.29, 0.717) is 0 Å². The van der Waals surface area contributed by atoms with E-state index < -0.39 is 0 Å². The molecule has 2 saturated heterocycles. The fourth-order valence-electron chi connectivity index (χ4n) is 4.91. The van der Waals surface area contributed by atoms with Crippen molar-refractivity contribution in [2.24, 2.45) is 11.1 Å². The largest absolute Gasteiger partial charge is 0.376 e. The van der Waals surface area contributed by atoms with Crippen molar-refractivity contribution in [1.29, 1.82) is 0 Å². The van der Waals surface area contributed by atoms with Gasteiger partial charge in [0.25, 0.3) is 0 Å². The van der Waals surface area contributed by atoms with Gasteiger partial charge in [0.1, 0.15) is 10.8 Å². The third-order valence-corrected chi connectivity index (χ3v) is 8.71. The van der Waals surface area contributed by atoms with Gasteiger partial charge in [0.05, 0.1) is 43.5 Å². The molecule has 0 aromatic carbocycles. The van der Waals surface area contributed by atoms with Crippen molar-refractivity contribution in [3.63, 3.8) is 0 Å². The van der Waals surface area contributed by atoms with E-state index in [1.165, 1.54) is 11.8 Å². The van der Waals surface area contributed by atoms with Crippen LogP contribution in [0, 0.1) is 5.41 Å². The summed E-state index contributed by atoms with van der Waals surface area (Å²) in [4.78, 5) is 14.3. The van der Waals surface area contributed by atoms with Gasteiger partial charge in [0.2, 0.25) is 0 Å². The Morgan fingerprint density at radius 1 is 1.24 bits per heavy atom. The van der Waals surface area contributed by atoms with E-state index in [1.54, 1.807) is 11.0 Å². The molecule has 10 heteroatoms. The number of halogens is 1. The monoisotopic (exact) mass is 487 g/mol. The van der Waals surface area contributed by atoms with Crippen LogP contribution in [0.15, 0.2) is 45.7 Å². The lowest BCUT2D eigenvalue weighted by Crippen LogP contribution is -2.50. The quantitative estimate of drug-likeness (QED) is 0.682. The number of ether oxygens (including phenoxy) is 1. The van der Waals surface area contributed by atoms with Gasteiger partial charge < -0.3 is 15.4 Å². The minimum Gasteiger partial charge on any atom is -0.376 e. The molecule has 3 atom stereocenters. The first-order chi connectivity index (χ1) is 16.0. The van der Waals surface area contributed by atoms with Gasteiger partial charge in [-0.25, -0.2) is 9.97 Å². The molecule has 2 aromatic rings. The Labute approximate surface area is 203 Å². The SMILES string of the molecule is CCn1ncc(C2CC=CC(Sc3cnc(N4CCC5(CC4)CO[C@@H](C)[C@H]5N)cn3)=C2Cl)n1. The second kappa shape index (κ2) is 9.37. The smallest absolute Gasteiger partial charge is 0.147 e. The van der Waals surface area contributed by atoms with E-state index in [-0.39, 0.29) is 23.5 Å². The highest BCUT2D eigenvalue weighted by Gasteiger charge is 2.47. The lowest BCUT2D eigenvalue weighted by molar-refractivity contribution is 0.0974. The van der Waals surface area contributed by atoms with Gasteiger partial charge in [-0.05, 0) is 33.1 Å². The van der Waals surface area contributed by atoms with Crippen LogP contribution in [-0.4, -0.2) is 56.8 Å². The number of aromatic nitrogens is 5. The van der Waals surface area contributed by atoms with Crippen molar-refractivity contribution in [2.75, 3.05) is 24.6 Å². The Bertz CT molecular complexity index is 1050. The third kappa shape index (κ3) is 4.43. The number of allylic oxidation sites excluding steroid dienone is 3. The second-order valence-electron chi connectivity index (χ2n) is 9.07. The Kier molecular flexibility index (Phi) is 6.48.